The van der Waals surface area contributed by atoms with Gasteiger partial charge < -0.3 is 20.4 Å². The number of piperazine rings is 1. The molecule has 0 atom stereocenters. The summed E-state index contributed by atoms with van der Waals surface area (Å²) in [5.41, 5.74) is -0.694. The molecule has 0 aliphatic carbocycles. The van der Waals surface area contributed by atoms with Crippen LogP contribution in [0.1, 0.15) is 26.3 Å². The quantitative estimate of drug-likeness (QED) is 0.576. The maximum Gasteiger partial charge on any atom is 0.416 e. The number of alkyl halides is 3. The van der Waals surface area contributed by atoms with Gasteiger partial charge in [0.05, 0.1) is 17.5 Å². The van der Waals surface area contributed by atoms with Gasteiger partial charge in [-0.05, 0) is 39.0 Å². The van der Waals surface area contributed by atoms with Crippen LogP contribution in [-0.2, 0) is 11.0 Å². The van der Waals surface area contributed by atoms with E-state index in [0.29, 0.717) is 50.9 Å². The first kappa shape index (κ1) is 22.8. The van der Waals surface area contributed by atoms with Gasteiger partial charge in [0.1, 0.15) is 0 Å². The van der Waals surface area contributed by atoms with Gasteiger partial charge in [0.2, 0.25) is 5.91 Å². The Balaban J connectivity index is 2.05. The third kappa shape index (κ3) is 6.01. The van der Waals surface area contributed by atoms with Crippen molar-refractivity contribution in [1.82, 2.24) is 15.5 Å². The van der Waals surface area contributed by atoms with Crippen LogP contribution in [0.3, 0.4) is 0 Å². The molecule has 1 aliphatic heterocycles. The van der Waals surface area contributed by atoms with Crippen molar-refractivity contribution in [2.75, 3.05) is 51.2 Å². The lowest BCUT2D eigenvalue weighted by atomic mass is 9.93. The van der Waals surface area contributed by atoms with Crippen LogP contribution in [0.5, 0.6) is 0 Å². The molecule has 162 valence electrons. The van der Waals surface area contributed by atoms with Gasteiger partial charge in [0.15, 0.2) is 5.96 Å². The number of aliphatic imine (C=N–C) groups is 1. The average molecular weight is 413 g/mol. The molecule has 1 amide bonds. The minimum absolute atomic E-state index is 0.0773. The molecule has 2 N–H and O–H groups in total. The first-order chi connectivity index (χ1) is 13.6. The molecule has 1 aliphatic rings. The average Bonchev–Trinajstić information content (AvgIpc) is 2.70. The lowest BCUT2D eigenvalue weighted by Crippen LogP contribution is -2.53. The lowest BCUT2D eigenvalue weighted by molar-refractivity contribution is -0.137. The molecule has 1 aromatic rings. The summed E-state index contributed by atoms with van der Waals surface area (Å²) in [6.45, 7) is 9.10. The van der Waals surface area contributed by atoms with Gasteiger partial charge in [0, 0.05) is 45.5 Å². The normalized spacial score (nSPS) is 16.0. The SMILES string of the molecule is CCNC(=NCC(C)(C)C(=O)NC)N1CCN(c2cccc(C(F)(F)F)c2)CC1. The van der Waals surface area contributed by atoms with Crippen LogP contribution in [0.4, 0.5) is 18.9 Å². The van der Waals surface area contributed by atoms with E-state index in [1.54, 1.807) is 13.1 Å². The van der Waals surface area contributed by atoms with Crippen LogP contribution in [-0.4, -0.2) is 63.1 Å². The molecule has 0 bridgehead atoms. The molecule has 9 heteroatoms. The number of anilines is 1. The smallest absolute Gasteiger partial charge is 0.368 e. The van der Waals surface area contributed by atoms with Crippen LogP contribution in [0, 0.1) is 5.41 Å². The minimum atomic E-state index is -4.35. The van der Waals surface area contributed by atoms with E-state index in [0.717, 1.165) is 6.07 Å². The fraction of sp³-hybridized carbons (Fsp3) is 0.600. The molecule has 1 saturated heterocycles. The van der Waals surface area contributed by atoms with Gasteiger partial charge in [0.25, 0.3) is 0 Å². The molecule has 1 fully saturated rings. The minimum Gasteiger partial charge on any atom is -0.368 e. The summed E-state index contributed by atoms with van der Waals surface area (Å²) in [6.07, 6.45) is -4.35. The van der Waals surface area contributed by atoms with E-state index in [-0.39, 0.29) is 5.91 Å². The third-order valence-electron chi connectivity index (χ3n) is 4.92. The predicted molar refractivity (Wildman–Crippen MR) is 109 cm³/mol. The second kappa shape index (κ2) is 9.37. The first-order valence-corrected chi connectivity index (χ1v) is 9.76. The molecule has 29 heavy (non-hydrogen) atoms. The largest absolute Gasteiger partial charge is 0.416 e. The zero-order chi connectivity index (χ0) is 21.7. The van der Waals surface area contributed by atoms with E-state index in [1.165, 1.54) is 12.1 Å². The van der Waals surface area contributed by atoms with E-state index in [4.69, 9.17) is 0 Å². The summed E-state index contributed by atoms with van der Waals surface area (Å²) in [4.78, 5) is 20.6. The number of halogens is 3. The van der Waals surface area contributed by atoms with E-state index in [2.05, 4.69) is 20.5 Å². The topological polar surface area (TPSA) is 60.0 Å². The van der Waals surface area contributed by atoms with E-state index >= 15 is 0 Å². The summed E-state index contributed by atoms with van der Waals surface area (Å²) < 4.78 is 38.9. The Labute approximate surface area is 170 Å². The highest BCUT2D eigenvalue weighted by molar-refractivity contribution is 5.83. The number of carbonyl (C=O) groups excluding carboxylic acids is 1. The predicted octanol–water partition coefficient (Wildman–Crippen LogP) is 2.57. The van der Waals surface area contributed by atoms with E-state index in [1.807, 2.05) is 25.7 Å². The summed E-state index contributed by atoms with van der Waals surface area (Å²) in [7, 11) is 1.60. The summed E-state index contributed by atoms with van der Waals surface area (Å²) in [6, 6.07) is 5.43. The van der Waals surface area contributed by atoms with Crippen molar-refractivity contribution in [1.29, 1.82) is 0 Å². The van der Waals surface area contributed by atoms with Crippen LogP contribution in [0.25, 0.3) is 0 Å². The second-order valence-corrected chi connectivity index (χ2v) is 7.66. The number of guanidine groups is 1. The Morgan fingerprint density at radius 3 is 2.38 bits per heavy atom. The number of benzene rings is 1. The fourth-order valence-electron chi connectivity index (χ4n) is 3.16. The van der Waals surface area contributed by atoms with E-state index in [9.17, 15) is 18.0 Å². The molecular weight excluding hydrogens is 383 g/mol. The molecule has 2 rings (SSSR count). The fourth-order valence-corrected chi connectivity index (χ4v) is 3.16. The number of carbonyl (C=O) groups is 1. The van der Waals surface area contributed by atoms with Gasteiger partial charge in [-0.25, -0.2) is 0 Å². The van der Waals surface area contributed by atoms with Crippen molar-refractivity contribution in [2.45, 2.75) is 26.9 Å². The van der Waals surface area contributed by atoms with Crippen molar-refractivity contribution in [3.05, 3.63) is 29.8 Å². The van der Waals surface area contributed by atoms with Crippen molar-refractivity contribution in [3.63, 3.8) is 0 Å². The van der Waals surface area contributed by atoms with Gasteiger partial charge in [-0.15, -0.1) is 0 Å². The number of rotatable bonds is 5. The number of nitrogens with one attached hydrogen (secondary N) is 2. The monoisotopic (exact) mass is 413 g/mol. The molecule has 0 aromatic heterocycles. The Hall–Kier alpha value is -2.45. The Morgan fingerprint density at radius 2 is 1.83 bits per heavy atom. The molecule has 6 nitrogen and oxygen atoms in total. The van der Waals surface area contributed by atoms with Gasteiger partial charge in [-0.1, -0.05) is 6.07 Å². The molecule has 0 spiro atoms. The number of hydrogen-bond donors (Lipinski definition) is 2. The Bertz CT molecular complexity index is 725. The van der Waals surface area contributed by atoms with Crippen LogP contribution < -0.4 is 15.5 Å². The summed E-state index contributed by atoms with van der Waals surface area (Å²) >= 11 is 0. The standard InChI is InChI=1S/C20H30F3N5O/c1-5-25-18(26-14-19(2,3)17(29)24-4)28-11-9-27(10-12-28)16-8-6-7-15(13-16)20(21,22)23/h6-8,13H,5,9-12,14H2,1-4H3,(H,24,29)(H,25,26). The highest BCUT2D eigenvalue weighted by Crippen LogP contribution is 2.31. The highest BCUT2D eigenvalue weighted by Gasteiger charge is 2.31. The highest BCUT2D eigenvalue weighted by atomic mass is 19.4. The summed E-state index contributed by atoms with van der Waals surface area (Å²) in [5, 5.41) is 5.89. The number of hydrogen-bond acceptors (Lipinski definition) is 3. The maximum absolute atomic E-state index is 13.0. The van der Waals surface area contributed by atoms with Crippen LogP contribution in [0.15, 0.2) is 29.3 Å². The molecule has 0 saturated carbocycles. The van der Waals surface area contributed by atoms with Crippen molar-refractivity contribution >= 4 is 17.6 Å². The molecular formula is C20H30F3N5O. The first-order valence-electron chi connectivity index (χ1n) is 9.76. The molecule has 1 heterocycles. The van der Waals surface area contributed by atoms with Crippen LogP contribution >= 0.6 is 0 Å². The van der Waals surface area contributed by atoms with Crippen LogP contribution in [0.2, 0.25) is 0 Å². The molecule has 0 radical (unpaired) electrons. The molecule has 0 unspecified atom stereocenters. The number of nitrogens with zero attached hydrogens (tertiary/aromatic N) is 3. The Morgan fingerprint density at radius 1 is 1.17 bits per heavy atom. The van der Waals surface area contributed by atoms with Gasteiger partial charge in [-0.3, -0.25) is 9.79 Å². The van der Waals surface area contributed by atoms with Gasteiger partial charge in [-0.2, -0.15) is 13.2 Å². The third-order valence-corrected chi connectivity index (χ3v) is 4.92. The van der Waals surface area contributed by atoms with E-state index < -0.39 is 17.2 Å². The zero-order valence-electron chi connectivity index (χ0n) is 17.4. The van der Waals surface area contributed by atoms with Crippen molar-refractivity contribution in [3.8, 4) is 0 Å². The molecule has 1 aromatic carbocycles. The second-order valence-electron chi connectivity index (χ2n) is 7.66. The number of amides is 1. The van der Waals surface area contributed by atoms with Crippen molar-refractivity contribution < 1.29 is 18.0 Å². The maximum atomic E-state index is 13.0. The van der Waals surface area contributed by atoms with Crippen molar-refractivity contribution in [2.24, 2.45) is 10.4 Å². The lowest BCUT2D eigenvalue weighted by Gasteiger charge is -2.38. The van der Waals surface area contributed by atoms with Gasteiger partial charge >= 0.3 is 6.18 Å². The summed E-state index contributed by atoms with van der Waals surface area (Å²) in [5.74, 6) is 0.639. The Kier molecular flexibility index (Phi) is 7.37. The zero-order valence-corrected chi connectivity index (χ0v) is 17.4.